The standard InChI is InChI=1S/C47H33N3O/c1-2-10-30(11-3-1)33-18-22-34(23-19-33)39-26-27-42-43(40-16-8-9-17-41(40)51-42)44(39)47-49-45(37-24-20-31-12-4-6-14-35(31)28-37)48-46(50-47)38-25-21-32-13-5-7-15-36(32)29-38/h1-6,8-14,16-29,31,35H,7,15H2. The summed E-state index contributed by atoms with van der Waals surface area (Å²) in [6.07, 6.45) is 22.0. The molecule has 51 heavy (non-hydrogen) atoms. The molecule has 0 radical (unpaired) electrons. The third-order valence-electron chi connectivity index (χ3n) is 10.3. The van der Waals surface area contributed by atoms with Gasteiger partial charge in [-0.1, -0.05) is 140 Å². The van der Waals surface area contributed by atoms with E-state index in [0.29, 0.717) is 23.4 Å². The number of nitrogens with zero attached hydrogens (tertiary/aromatic N) is 3. The Bertz CT molecular complexity index is 2640. The number of benzene rings is 5. The van der Waals surface area contributed by atoms with Gasteiger partial charge in [-0.05, 0) is 70.5 Å². The van der Waals surface area contributed by atoms with Crippen molar-refractivity contribution >= 4 is 33.6 Å². The topological polar surface area (TPSA) is 51.8 Å². The van der Waals surface area contributed by atoms with Gasteiger partial charge in [0.05, 0.1) is 0 Å². The van der Waals surface area contributed by atoms with E-state index in [4.69, 9.17) is 19.4 Å². The van der Waals surface area contributed by atoms with E-state index in [1.54, 1.807) is 0 Å². The van der Waals surface area contributed by atoms with E-state index in [1.165, 1.54) is 22.3 Å². The van der Waals surface area contributed by atoms with E-state index in [1.807, 2.05) is 18.2 Å². The molecular formula is C47H33N3O. The second-order valence-corrected chi connectivity index (χ2v) is 13.5. The van der Waals surface area contributed by atoms with Gasteiger partial charge < -0.3 is 4.42 Å². The van der Waals surface area contributed by atoms with Gasteiger partial charge in [0.15, 0.2) is 17.5 Å². The first-order chi connectivity index (χ1) is 25.2. The molecule has 7 aromatic rings. The van der Waals surface area contributed by atoms with Gasteiger partial charge in [0.2, 0.25) is 0 Å². The van der Waals surface area contributed by atoms with Crippen LogP contribution in [0.2, 0.25) is 0 Å². The van der Waals surface area contributed by atoms with Crippen LogP contribution in [0.3, 0.4) is 0 Å². The van der Waals surface area contributed by atoms with E-state index < -0.39 is 0 Å². The maximum absolute atomic E-state index is 6.45. The van der Waals surface area contributed by atoms with E-state index in [2.05, 4.69) is 146 Å². The molecule has 2 atom stereocenters. The first-order valence-electron chi connectivity index (χ1n) is 17.7. The normalized spacial score (nSPS) is 17.5. The van der Waals surface area contributed by atoms with E-state index in [9.17, 15) is 0 Å². The van der Waals surface area contributed by atoms with Gasteiger partial charge in [0.1, 0.15) is 11.2 Å². The minimum absolute atomic E-state index is 0.258. The highest BCUT2D eigenvalue weighted by molar-refractivity contribution is 6.15. The Morgan fingerprint density at radius 2 is 1.31 bits per heavy atom. The Labute approximate surface area is 296 Å². The Balaban J connectivity index is 1.22. The minimum Gasteiger partial charge on any atom is -0.456 e. The molecule has 0 aliphatic heterocycles. The summed E-state index contributed by atoms with van der Waals surface area (Å²) in [6, 6.07) is 38.3. The summed E-state index contributed by atoms with van der Waals surface area (Å²) in [5.41, 5.74) is 11.6. The van der Waals surface area contributed by atoms with Crippen LogP contribution in [-0.4, -0.2) is 15.0 Å². The maximum Gasteiger partial charge on any atom is 0.165 e. The summed E-state index contributed by atoms with van der Waals surface area (Å²) in [4.78, 5) is 15.8. The Hall–Kier alpha value is -6.39. The van der Waals surface area contributed by atoms with Crippen LogP contribution < -0.4 is 0 Å². The van der Waals surface area contributed by atoms with Crippen LogP contribution in [0, 0.1) is 11.8 Å². The molecular weight excluding hydrogens is 623 g/mol. The van der Waals surface area contributed by atoms with Gasteiger partial charge in [-0.15, -0.1) is 0 Å². The molecule has 0 saturated heterocycles. The number of para-hydroxylation sites is 1. The van der Waals surface area contributed by atoms with Crippen molar-refractivity contribution in [3.63, 3.8) is 0 Å². The van der Waals surface area contributed by atoms with Crippen molar-refractivity contribution in [2.24, 2.45) is 11.8 Å². The predicted molar refractivity (Wildman–Crippen MR) is 209 cm³/mol. The van der Waals surface area contributed by atoms with Crippen LogP contribution in [0.5, 0.6) is 0 Å². The van der Waals surface area contributed by atoms with Crippen molar-refractivity contribution in [1.29, 1.82) is 0 Å². The molecule has 5 aromatic carbocycles. The summed E-state index contributed by atoms with van der Waals surface area (Å²) in [5.74, 6) is 2.56. The van der Waals surface area contributed by atoms with Gasteiger partial charge in [-0.2, -0.15) is 0 Å². The summed E-state index contributed by atoms with van der Waals surface area (Å²) >= 11 is 0. The number of aryl methyl sites for hydroxylation is 1. The number of allylic oxidation sites excluding steroid dienone is 9. The fourth-order valence-electron chi connectivity index (χ4n) is 7.71. The average molecular weight is 656 g/mol. The number of hydrogen-bond acceptors (Lipinski definition) is 4. The second kappa shape index (κ2) is 12.2. The third kappa shape index (κ3) is 5.28. The van der Waals surface area contributed by atoms with Crippen molar-refractivity contribution in [1.82, 2.24) is 15.0 Å². The van der Waals surface area contributed by atoms with Crippen LogP contribution in [0.15, 0.2) is 162 Å². The molecule has 0 bridgehead atoms. The maximum atomic E-state index is 6.45. The molecule has 2 unspecified atom stereocenters. The highest BCUT2D eigenvalue weighted by Gasteiger charge is 2.24. The predicted octanol–water partition coefficient (Wildman–Crippen LogP) is 11.7. The molecule has 4 nitrogen and oxygen atoms in total. The second-order valence-electron chi connectivity index (χ2n) is 13.5. The fourth-order valence-corrected chi connectivity index (χ4v) is 7.71. The molecule has 3 aliphatic rings. The zero-order valence-electron chi connectivity index (χ0n) is 27.9. The van der Waals surface area contributed by atoms with Crippen LogP contribution >= 0.6 is 0 Å². The van der Waals surface area contributed by atoms with Gasteiger partial charge in [0, 0.05) is 39.3 Å². The van der Waals surface area contributed by atoms with Gasteiger partial charge in [0.25, 0.3) is 0 Å². The zero-order chi connectivity index (χ0) is 33.7. The smallest absolute Gasteiger partial charge is 0.165 e. The highest BCUT2D eigenvalue weighted by atomic mass is 16.3. The van der Waals surface area contributed by atoms with Crippen molar-refractivity contribution in [3.8, 4) is 45.0 Å². The molecule has 2 aromatic heterocycles. The molecule has 0 spiro atoms. The quantitative estimate of drug-likeness (QED) is 0.185. The molecule has 242 valence electrons. The summed E-state index contributed by atoms with van der Waals surface area (Å²) in [7, 11) is 0. The summed E-state index contributed by atoms with van der Waals surface area (Å²) in [6.45, 7) is 0. The molecule has 4 heteroatoms. The lowest BCUT2D eigenvalue weighted by molar-refractivity contribution is 0.662. The number of aromatic nitrogens is 3. The van der Waals surface area contributed by atoms with Crippen LogP contribution in [-0.2, 0) is 6.42 Å². The molecule has 10 rings (SSSR count). The van der Waals surface area contributed by atoms with E-state index >= 15 is 0 Å². The monoisotopic (exact) mass is 655 g/mol. The van der Waals surface area contributed by atoms with Crippen LogP contribution in [0.25, 0.3) is 78.6 Å². The third-order valence-corrected chi connectivity index (χ3v) is 10.3. The molecule has 0 N–H and O–H groups in total. The number of rotatable bonds is 5. The zero-order valence-corrected chi connectivity index (χ0v) is 27.9. The Morgan fingerprint density at radius 3 is 2.22 bits per heavy atom. The van der Waals surface area contributed by atoms with Gasteiger partial charge in [-0.25, -0.2) is 15.0 Å². The molecule has 3 aliphatic carbocycles. The SMILES string of the molecule is C1=CC2C=CC(c3nc(-c4ccc5c(c4)CCC=C5)nc(-c4c(-c5ccc(-c6ccccc6)cc5)ccc5oc6ccccc6c45)n3)=CC2C=C1. The van der Waals surface area contributed by atoms with Gasteiger partial charge in [-0.3, -0.25) is 0 Å². The van der Waals surface area contributed by atoms with Gasteiger partial charge >= 0.3 is 0 Å². The van der Waals surface area contributed by atoms with Crippen molar-refractivity contribution in [3.05, 3.63) is 175 Å². The first kappa shape index (κ1) is 29.5. The fraction of sp³-hybridized carbons (Fsp3) is 0.0851. The number of furan rings is 1. The number of hydrogen-bond donors (Lipinski definition) is 0. The first-order valence-corrected chi connectivity index (χ1v) is 17.7. The van der Waals surface area contributed by atoms with Crippen molar-refractivity contribution in [2.75, 3.05) is 0 Å². The van der Waals surface area contributed by atoms with Crippen molar-refractivity contribution in [2.45, 2.75) is 12.8 Å². The molecule has 0 saturated carbocycles. The molecule has 0 amide bonds. The van der Waals surface area contributed by atoms with E-state index in [0.717, 1.165) is 62.6 Å². The Kier molecular flexibility index (Phi) is 7.05. The molecule has 0 fully saturated rings. The average Bonchev–Trinajstić information content (AvgIpc) is 3.59. The lowest BCUT2D eigenvalue weighted by atomic mass is 9.83. The van der Waals surface area contributed by atoms with Crippen LogP contribution in [0.4, 0.5) is 0 Å². The molecule has 2 heterocycles. The van der Waals surface area contributed by atoms with Crippen molar-refractivity contribution < 1.29 is 4.42 Å². The largest absolute Gasteiger partial charge is 0.456 e. The summed E-state index contributed by atoms with van der Waals surface area (Å²) < 4.78 is 6.45. The number of fused-ring (bicyclic) bond motifs is 5. The highest BCUT2D eigenvalue weighted by Crippen LogP contribution is 2.43. The van der Waals surface area contributed by atoms with Crippen LogP contribution in [0.1, 0.15) is 23.4 Å². The van der Waals surface area contributed by atoms with E-state index in [-0.39, 0.29) is 5.92 Å². The minimum atomic E-state index is 0.258. The lowest BCUT2D eigenvalue weighted by Crippen LogP contribution is -2.13. The Morgan fingerprint density at radius 1 is 0.569 bits per heavy atom. The lowest BCUT2D eigenvalue weighted by Gasteiger charge is -2.23. The summed E-state index contributed by atoms with van der Waals surface area (Å²) in [5, 5.41) is 2.04.